The molecule has 1 amide bonds. The number of nitrogens with one attached hydrogen (secondary N) is 1. The first-order valence-electron chi connectivity index (χ1n) is 5.06. The fourth-order valence-electron chi connectivity index (χ4n) is 1.26. The van der Waals surface area contributed by atoms with Gasteiger partial charge in [0.05, 0.1) is 0 Å². The van der Waals surface area contributed by atoms with Crippen LogP contribution in [0.3, 0.4) is 0 Å². The maximum Gasteiger partial charge on any atom is 0.435 e. The molecule has 0 fully saturated rings. The molecule has 0 aliphatic heterocycles. The zero-order chi connectivity index (χ0) is 14.0. The fraction of sp³-hybridized carbons (Fsp3) is 0.333. The van der Waals surface area contributed by atoms with Crippen molar-refractivity contribution >= 4 is 11.7 Å². The summed E-state index contributed by atoms with van der Waals surface area (Å²) in [5, 5.41) is 12.4. The summed E-state index contributed by atoms with van der Waals surface area (Å²) in [5.41, 5.74) is -0.690. The standard InChI is InChI=1S/C9H8F3N5O2/c1-5-8(16-19-15-5)13-7(18)4-17-3-2-6(14-17)9(10,11)12/h2-3H,4H2,1H3,(H,13,16,18). The molecule has 0 aliphatic carbocycles. The SMILES string of the molecule is Cc1nonc1NC(=O)Cn1ccc(C(F)(F)F)n1. The van der Waals surface area contributed by atoms with Crippen molar-refractivity contribution in [3.63, 3.8) is 0 Å². The van der Waals surface area contributed by atoms with Crippen molar-refractivity contribution in [2.24, 2.45) is 0 Å². The summed E-state index contributed by atoms with van der Waals surface area (Å²) < 4.78 is 42.1. The van der Waals surface area contributed by atoms with Crippen LogP contribution in [-0.4, -0.2) is 26.0 Å². The predicted molar refractivity (Wildman–Crippen MR) is 54.9 cm³/mol. The van der Waals surface area contributed by atoms with E-state index in [4.69, 9.17) is 0 Å². The first-order valence-corrected chi connectivity index (χ1v) is 5.06. The van der Waals surface area contributed by atoms with Gasteiger partial charge in [-0.1, -0.05) is 5.16 Å². The summed E-state index contributed by atoms with van der Waals surface area (Å²) in [6.07, 6.45) is -3.47. The van der Waals surface area contributed by atoms with E-state index in [0.717, 1.165) is 16.9 Å². The molecule has 2 heterocycles. The topological polar surface area (TPSA) is 85.8 Å². The van der Waals surface area contributed by atoms with Crippen molar-refractivity contribution < 1.29 is 22.6 Å². The number of alkyl halides is 3. The minimum absolute atomic E-state index is 0.119. The Morgan fingerprint density at radius 1 is 1.47 bits per heavy atom. The largest absolute Gasteiger partial charge is 0.435 e. The second kappa shape index (κ2) is 4.71. The van der Waals surface area contributed by atoms with E-state index in [1.807, 2.05) is 0 Å². The zero-order valence-corrected chi connectivity index (χ0v) is 9.60. The highest BCUT2D eigenvalue weighted by Gasteiger charge is 2.33. The number of rotatable bonds is 3. The predicted octanol–water partition coefficient (Wildman–Crippen LogP) is 1.23. The number of halogens is 3. The number of nitrogens with zero attached hydrogens (tertiary/aromatic N) is 4. The number of anilines is 1. The van der Waals surface area contributed by atoms with Crippen LogP contribution in [0.4, 0.5) is 19.0 Å². The van der Waals surface area contributed by atoms with Crippen LogP contribution in [0.2, 0.25) is 0 Å². The van der Waals surface area contributed by atoms with Crippen LogP contribution in [0.5, 0.6) is 0 Å². The number of hydrogen-bond acceptors (Lipinski definition) is 5. The van der Waals surface area contributed by atoms with Gasteiger partial charge in [-0.05, 0) is 18.1 Å². The molecule has 0 atom stereocenters. The number of amides is 1. The molecule has 0 saturated carbocycles. The lowest BCUT2D eigenvalue weighted by atomic mass is 10.4. The third-order valence-electron chi connectivity index (χ3n) is 2.15. The highest BCUT2D eigenvalue weighted by Crippen LogP contribution is 2.27. The van der Waals surface area contributed by atoms with E-state index in [2.05, 4.69) is 25.4 Å². The van der Waals surface area contributed by atoms with E-state index >= 15 is 0 Å². The van der Waals surface area contributed by atoms with E-state index in [0.29, 0.717) is 5.69 Å². The van der Waals surface area contributed by atoms with Crippen molar-refractivity contribution in [2.75, 3.05) is 5.32 Å². The van der Waals surface area contributed by atoms with E-state index in [9.17, 15) is 18.0 Å². The van der Waals surface area contributed by atoms with Gasteiger partial charge in [-0.15, -0.1) is 0 Å². The van der Waals surface area contributed by atoms with Gasteiger partial charge < -0.3 is 5.32 Å². The monoisotopic (exact) mass is 275 g/mol. The molecule has 0 unspecified atom stereocenters. The van der Waals surface area contributed by atoms with Crippen molar-refractivity contribution in [2.45, 2.75) is 19.6 Å². The summed E-state index contributed by atoms with van der Waals surface area (Å²) in [4.78, 5) is 11.5. The van der Waals surface area contributed by atoms with Gasteiger partial charge in [0, 0.05) is 6.20 Å². The quantitative estimate of drug-likeness (QED) is 0.910. The normalized spacial score (nSPS) is 11.6. The molecular formula is C9H8F3N5O2. The Bertz CT molecular complexity index is 589. The summed E-state index contributed by atoms with van der Waals surface area (Å²) in [6.45, 7) is 1.18. The Kier molecular flexibility index (Phi) is 3.23. The lowest BCUT2D eigenvalue weighted by molar-refractivity contribution is -0.141. The van der Waals surface area contributed by atoms with Gasteiger partial charge in [0.15, 0.2) is 11.5 Å². The number of carbonyl (C=O) groups excluding carboxylic acids is 1. The van der Waals surface area contributed by atoms with Gasteiger partial charge in [-0.2, -0.15) is 18.3 Å². The lowest BCUT2D eigenvalue weighted by Crippen LogP contribution is -2.20. The second-order valence-electron chi connectivity index (χ2n) is 3.64. The summed E-state index contributed by atoms with van der Waals surface area (Å²) >= 11 is 0. The molecule has 0 saturated heterocycles. The van der Waals surface area contributed by atoms with Crippen LogP contribution in [0.25, 0.3) is 0 Å². The third-order valence-corrected chi connectivity index (χ3v) is 2.15. The molecule has 7 nitrogen and oxygen atoms in total. The van der Waals surface area contributed by atoms with Crippen LogP contribution in [0.15, 0.2) is 16.9 Å². The van der Waals surface area contributed by atoms with Crippen molar-refractivity contribution in [3.05, 3.63) is 23.7 Å². The van der Waals surface area contributed by atoms with Gasteiger partial charge in [-0.25, -0.2) is 4.63 Å². The Balaban J connectivity index is 2.00. The maximum absolute atomic E-state index is 12.3. The van der Waals surface area contributed by atoms with E-state index in [-0.39, 0.29) is 12.4 Å². The van der Waals surface area contributed by atoms with Gasteiger partial charge >= 0.3 is 6.18 Å². The minimum atomic E-state index is -4.53. The number of aryl methyl sites for hydroxylation is 1. The van der Waals surface area contributed by atoms with Gasteiger partial charge in [0.25, 0.3) is 0 Å². The summed E-state index contributed by atoms with van der Waals surface area (Å²) in [5.74, 6) is -0.469. The van der Waals surface area contributed by atoms with Crippen molar-refractivity contribution in [1.82, 2.24) is 20.1 Å². The molecule has 0 radical (unpaired) electrons. The molecule has 0 bridgehead atoms. The number of aromatic nitrogens is 4. The fourth-order valence-corrected chi connectivity index (χ4v) is 1.26. The van der Waals surface area contributed by atoms with Gasteiger partial charge in [-0.3, -0.25) is 9.48 Å². The molecular weight excluding hydrogens is 267 g/mol. The molecule has 2 aromatic rings. The average molecular weight is 275 g/mol. The lowest BCUT2D eigenvalue weighted by Gasteiger charge is -2.03. The Morgan fingerprint density at radius 3 is 2.74 bits per heavy atom. The van der Waals surface area contributed by atoms with E-state index < -0.39 is 17.8 Å². The molecule has 19 heavy (non-hydrogen) atoms. The molecule has 102 valence electrons. The molecule has 2 rings (SSSR count). The third kappa shape index (κ3) is 3.09. The first-order chi connectivity index (χ1) is 8.86. The minimum Gasteiger partial charge on any atom is -0.305 e. The Morgan fingerprint density at radius 2 is 2.21 bits per heavy atom. The average Bonchev–Trinajstić information content (AvgIpc) is 2.88. The van der Waals surface area contributed by atoms with Gasteiger partial charge in [0.1, 0.15) is 12.2 Å². The molecule has 2 aromatic heterocycles. The first kappa shape index (κ1) is 13.1. The second-order valence-corrected chi connectivity index (χ2v) is 3.64. The summed E-state index contributed by atoms with van der Waals surface area (Å²) in [7, 11) is 0. The van der Waals surface area contributed by atoms with Crippen LogP contribution < -0.4 is 5.32 Å². The summed E-state index contributed by atoms with van der Waals surface area (Å²) in [6, 6.07) is 0.788. The Hall–Kier alpha value is -2.39. The molecule has 0 spiro atoms. The van der Waals surface area contributed by atoms with Crippen molar-refractivity contribution in [3.8, 4) is 0 Å². The maximum atomic E-state index is 12.3. The molecule has 0 aromatic carbocycles. The van der Waals surface area contributed by atoms with Gasteiger partial charge in [0.2, 0.25) is 5.91 Å². The zero-order valence-electron chi connectivity index (χ0n) is 9.60. The molecule has 1 N–H and O–H groups in total. The van der Waals surface area contributed by atoms with Crippen LogP contribution in [0.1, 0.15) is 11.4 Å². The molecule has 10 heteroatoms. The van der Waals surface area contributed by atoms with E-state index in [1.54, 1.807) is 6.92 Å². The highest BCUT2D eigenvalue weighted by atomic mass is 19.4. The number of carbonyl (C=O) groups is 1. The van der Waals surface area contributed by atoms with Crippen LogP contribution in [0, 0.1) is 6.92 Å². The van der Waals surface area contributed by atoms with Crippen LogP contribution >= 0.6 is 0 Å². The highest BCUT2D eigenvalue weighted by molar-refractivity contribution is 5.89. The Labute approximate surface area is 104 Å². The molecule has 0 aliphatic rings. The van der Waals surface area contributed by atoms with Crippen LogP contribution in [-0.2, 0) is 17.5 Å². The smallest absolute Gasteiger partial charge is 0.305 e. The van der Waals surface area contributed by atoms with Crippen molar-refractivity contribution in [1.29, 1.82) is 0 Å². The number of hydrogen-bond donors (Lipinski definition) is 1. The van der Waals surface area contributed by atoms with E-state index in [1.165, 1.54) is 0 Å².